The summed E-state index contributed by atoms with van der Waals surface area (Å²) in [6.07, 6.45) is 1.07. The van der Waals surface area contributed by atoms with Crippen LogP contribution in [0.3, 0.4) is 0 Å². The maximum atomic E-state index is 12.7. The smallest absolute Gasteiger partial charge is 0.259 e. The van der Waals surface area contributed by atoms with Gasteiger partial charge in [-0.15, -0.1) is 0 Å². The molecule has 0 saturated heterocycles. The van der Waals surface area contributed by atoms with E-state index in [9.17, 15) is 18.0 Å². The van der Waals surface area contributed by atoms with Crippen molar-refractivity contribution in [3.8, 4) is 5.75 Å². The molecule has 0 spiro atoms. The summed E-state index contributed by atoms with van der Waals surface area (Å²) in [5.41, 5.74) is 1.43. The van der Waals surface area contributed by atoms with Crippen molar-refractivity contribution >= 4 is 33.1 Å². The third-order valence-electron chi connectivity index (χ3n) is 3.82. The van der Waals surface area contributed by atoms with Crippen LogP contribution in [0.1, 0.15) is 27.6 Å². The molecule has 26 heavy (non-hydrogen) atoms. The molecular formula is C18H20N2O5S. The van der Waals surface area contributed by atoms with Gasteiger partial charge in [-0.2, -0.15) is 0 Å². The van der Waals surface area contributed by atoms with Crippen LogP contribution in [0.5, 0.6) is 5.75 Å². The van der Waals surface area contributed by atoms with Gasteiger partial charge in [-0.05, 0) is 37.3 Å². The number of nitrogens with one attached hydrogen (secondary N) is 1. The fourth-order valence-corrected chi connectivity index (χ4v) is 2.77. The Morgan fingerprint density at radius 1 is 1.12 bits per heavy atom. The van der Waals surface area contributed by atoms with Crippen LogP contribution in [0.25, 0.3) is 0 Å². The minimum absolute atomic E-state index is 0.115. The van der Waals surface area contributed by atoms with E-state index in [0.717, 1.165) is 10.6 Å². The summed E-state index contributed by atoms with van der Waals surface area (Å²) >= 11 is 0. The molecule has 7 nitrogen and oxygen atoms in total. The van der Waals surface area contributed by atoms with Gasteiger partial charge in [0.05, 0.1) is 24.6 Å². The molecule has 0 unspecified atom stereocenters. The van der Waals surface area contributed by atoms with Gasteiger partial charge >= 0.3 is 0 Å². The molecule has 138 valence electrons. The van der Waals surface area contributed by atoms with Crippen LogP contribution < -0.4 is 14.4 Å². The predicted octanol–water partition coefficient (Wildman–Crippen LogP) is 2.55. The summed E-state index contributed by atoms with van der Waals surface area (Å²) in [6.45, 7) is 1.44. The minimum atomic E-state index is -3.47. The lowest BCUT2D eigenvalue weighted by Gasteiger charge is -2.18. The fourth-order valence-electron chi connectivity index (χ4n) is 2.28. The first-order valence-corrected chi connectivity index (χ1v) is 9.52. The van der Waals surface area contributed by atoms with E-state index in [4.69, 9.17) is 4.74 Å². The van der Waals surface area contributed by atoms with Crippen molar-refractivity contribution in [2.45, 2.75) is 6.92 Å². The Hall–Kier alpha value is -2.87. The molecule has 2 aromatic rings. The Bertz CT molecular complexity index is 954. The van der Waals surface area contributed by atoms with Crippen molar-refractivity contribution in [2.75, 3.05) is 30.0 Å². The Kier molecular flexibility index (Phi) is 5.66. The number of hydrogen-bond acceptors (Lipinski definition) is 5. The molecule has 2 aromatic carbocycles. The molecule has 2 rings (SSSR count). The van der Waals surface area contributed by atoms with Crippen LogP contribution in [0.2, 0.25) is 0 Å². The number of hydrogen-bond donors (Lipinski definition) is 1. The number of benzene rings is 2. The molecule has 0 atom stereocenters. The number of anilines is 2. The highest BCUT2D eigenvalue weighted by atomic mass is 32.2. The Morgan fingerprint density at radius 3 is 2.38 bits per heavy atom. The highest BCUT2D eigenvalue weighted by Crippen LogP contribution is 2.26. The Morgan fingerprint density at radius 2 is 1.81 bits per heavy atom. The Labute approximate surface area is 152 Å². The van der Waals surface area contributed by atoms with Gasteiger partial charge < -0.3 is 10.1 Å². The third-order valence-corrected chi connectivity index (χ3v) is 5.02. The van der Waals surface area contributed by atoms with Crippen LogP contribution in [-0.4, -0.2) is 40.5 Å². The van der Waals surface area contributed by atoms with E-state index in [-0.39, 0.29) is 11.3 Å². The highest BCUT2D eigenvalue weighted by molar-refractivity contribution is 7.92. The molecule has 0 heterocycles. The zero-order valence-corrected chi connectivity index (χ0v) is 15.8. The number of amides is 1. The quantitative estimate of drug-likeness (QED) is 0.782. The van der Waals surface area contributed by atoms with Gasteiger partial charge in [0.15, 0.2) is 5.78 Å². The highest BCUT2D eigenvalue weighted by Gasteiger charge is 2.18. The largest absolute Gasteiger partial charge is 0.496 e. The second-order valence-electron chi connectivity index (χ2n) is 5.71. The number of Topliss-reactive ketones (excluding diaryl/α,β-unsaturated/α-hetero) is 1. The van der Waals surface area contributed by atoms with E-state index in [1.54, 1.807) is 30.3 Å². The third kappa shape index (κ3) is 4.40. The van der Waals surface area contributed by atoms with Gasteiger partial charge in [0.1, 0.15) is 5.75 Å². The molecule has 0 bridgehead atoms. The molecule has 0 radical (unpaired) electrons. The molecule has 0 saturated carbocycles. The van der Waals surface area contributed by atoms with Crippen LogP contribution >= 0.6 is 0 Å². The molecule has 1 amide bonds. The number of ketones is 1. The number of ether oxygens (including phenoxy) is 1. The second kappa shape index (κ2) is 7.57. The van der Waals surface area contributed by atoms with Crippen molar-refractivity contribution < 1.29 is 22.7 Å². The topological polar surface area (TPSA) is 92.8 Å². The number of sulfonamides is 1. The molecule has 1 N–H and O–H groups in total. The van der Waals surface area contributed by atoms with Gasteiger partial charge in [-0.1, -0.05) is 12.1 Å². The van der Waals surface area contributed by atoms with Crippen molar-refractivity contribution in [1.82, 2.24) is 0 Å². The van der Waals surface area contributed by atoms with Gasteiger partial charge in [0.25, 0.3) is 5.91 Å². The maximum Gasteiger partial charge on any atom is 0.259 e. The summed E-state index contributed by atoms with van der Waals surface area (Å²) in [6, 6.07) is 11.1. The first kappa shape index (κ1) is 19.5. The summed E-state index contributed by atoms with van der Waals surface area (Å²) in [4.78, 5) is 24.1. The number of carbonyl (C=O) groups excluding carboxylic acids is 2. The molecule has 0 aliphatic rings. The summed E-state index contributed by atoms with van der Waals surface area (Å²) in [7, 11) is -0.652. The van der Waals surface area contributed by atoms with Crippen molar-refractivity contribution in [2.24, 2.45) is 0 Å². The lowest BCUT2D eigenvalue weighted by Crippen LogP contribution is -2.25. The molecule has 0 aliphatic carbocycles. The zero-order chi connectivity index (χ0) is 19.5. The SMILES string of the molecule is COc1ccc(N(C)S(C)(=O)=O)cc1C(=O)Nc1cccc(C(C)=O)c1. The summed E-state index contributed by atoms with van der Waals surface area (Å²) in [5, 5.41) is 2.69. The second-order valence-corrected chi connectivity index (χ2v) is 7.72. The van der Waals surface area contributed by atoms with E-state index in [2.05, 4.69) is 5.32 Å². The van der Waals surface area contributed by atoms with Crippen LogP contribution in [0.4, 0.5) is 11.4 Å². The molecule has 0 fully saturated rings. The summed E-state index contributed by atoms with van der Waals surface area (Å²) < 4.78 is 29.7. The average Bonchev–Trinajstić information content (AvgIpc) is 2.59. The van der Waals surface area contributed by atoms with Crippen molar-refractivity contribution in [3.63, 3.8) is 0 Å². The van der Waals surface area contributed by atoms with Crippen molar-refractivity contribution in [1.29, 1.82) is 0 Å². The van der Waals surface area contributed by atoms with Crippen molar-refractivity contribution in [3.05, 3.63) is 53.6 Å². The van der Waals surface area contributed by atoms with E-state index < -0.39 is 15.9 Å². The van der Waals surface area contributed by atoms with Crippen LogP contribution in [0, 0.1) is 0 Å². The fraction of sp³-hybridized carbons (Fsp3) is 0.222. The lowest BCUT2D eigenvalue weighted by molar-refractivity contribution is 0.101. The maximum absolute atomic E-state index is 12.7. The van der Waals surface area contributed by atoms with E-state index in [0.29, 0.717) is 22.7 Å². The molecule has 0 aliphatic heterocycles. The number of methoxy groups -OCH3 is 1. The van der Waals surface area contributed by atoms with Gasteiger partial charge in [-0.25, -0.2) is 8.42 Å². The van der Waals surface area contributed by atoms with Crippen LogP contribution in [0.15, 0.2) is 42.5 Å². The van der Waals surface area contributed by atoms with E-state index in [1.165, 1.54) is 33.2 Å². The Balaban J connectivity index is 2.38. The van der Waals surface area contributed by atoms with Crippen LogP contribution in [-0.2, 0) is 10.0 Å². The van der Waals surface area contributed by atoms with Gasteiger partial charge in [-0.3, -0.25) is 13.9 Å². The first-order valence-electron chi connectivity index (χ1n) is 7.67. The van der Waals surface area contributed by atoms with E-state index >= 15 is 0 Å². The normalized spacial score (nSPS) is 10.9. The minimum Gasteiger partial charge on any atom is -0.496 e. The standard InChI is InChI=1S/C18H20N2O5S/c1-12(21)13-6-5-7-14(10-13)19-18(22)16-11-15(8-9-17(16)25-3)20(2)26(4,23)24/h5-11H,1-4H3,(H,19,22). The van der Waals surface area contributed by atoms with E-state index in [1.807, 2.05) is 0 Å². The van der Waals surface area contributed by atoms with Gasteiger partial charge in [0.2, 0.25) is 10.0 Å². The molecular weight excluding hydrogens is 356 g/mol. The number of nitrogens with zero attached hydrogens (tertiary/aromatic N) is 1. The number of carbonyl (C=O) groups is 2. The van der Waals surface area contributed by atoms with Gasteiger partial charge in [0, 0.05) is 18.3 Å². The monoisotopic (exact) mass is 376 g/mol. The molecule has 0 aromatic heterocycles. The molecule has 8 heteroatoms. The predicted molar refractivity (Wildman–Crippen MR) is 101 cm³/mol. The lowest BCUT2D eigenvalue weighted by atomic mass is 10.1. The number of rotatable bonds is 6. The average molecular weight is 376 g/mol. The first-order chi connectivity index (χ1) is 12.1. The summed E-state index contributed by atoms with van der Waals surface area (Å²) in [5.74, 6) is -0.294. The zero-order valence-electron chi connectivity index (χ0n) is 14.9.